The Morgan fingerprint density at radius 2 is 2.16 bits per heavy atom. The van der Waals surface area contributed by atoms with Crippen molar-refractivity contribution in [2.45, 2.75) is 44.4 Å². The molecule has 3 rings (SSSR count). The van der Waals surface area contributed by atoms with Crippen molar-refractivity contribution in [3.05, 3.63) is 41.5 Å². The molecule has 2 N–H and O–H groups in total. The zero-order chi connectivity index (χ0) is 18.0. The number of carbonyl (C=O) groups excluding carboxylic acids is 1. The van der Waals surface area contributed by atoms with Crippen molar-refractivity contribution in [1.82, 2.24) is 20.3 Å². The molecule has 1 aliphatic carbocycles. The van der Waals surface area contributed by atoms with E-state index in [1.807, 2.05) is 0 Å². The third-order valence-electron chi connectivity index (χ3n) is 4.61. The maximum absolute atomic E-state index is 13.9. The normalized spacial score (nSPS) is 23.4. The topological polar surface area (TPSA) is 89.3 Å². The maximum Gasteiger partial charge on any atom is 0.274 e. The molecule has 1 fully saturated rings. The van der Waals surface area contributed by atoms with Gasteiger partial charge in [0.15, 0.2) is 5.69 Å². The smallest absolute Gasteiger partial charge is 0.274 e. The Morgan fingerprint density at radius 1 is 1.40 bits per heavy atom. The second-order valence-electron chi connectivity index (χ2n) is 6.16. The predicted molar refractivity (Wildman–Crippen MR) is 88.0 cm³/mol. The number of nitrogens with zero attached hydrogens (tertiary/aromatic N) is 3. The molecule has 1 saturated carbocycles. The van der Waals surface area contributed by atoms with E-state index in [-0.39, 0.29) is 17.5 Å². The average molecular weight is 348 g/mol. The lowest BCUT2D eigenvalue weighted by atomic mass is 9.90. The van der Waals surface area contributed by atoms with Gasteiger partial charge in [0, 0.05) is 7.11 Å². The quantitative estimate of drug-likeness (QED) is 0.871. The molecular formula is C17H21FN4O3. The van der Waals surface area contributed by atoms with Crippen LogP contribution in [0.4, 0.5) is 4.39 Å². The van der Waals surface area contributed by atoms with Gasteiger partial charge < -0.3 is 15.2 Å². The molecule has 7 nitrogen and oxygen atoms in total. The predicted octanol–water partition coefficient (Wildman–Crippen LogP) is 1.37. The van der Waals surface area contributed by atoms with E-state index in [0.717, 1.165) is 12.8 Å². The number of methoxy groups -OCH3 is 1. The van der Waals surface area contributed by atoms with E-state index in [4.69, 9.17) is 4.74 Å². The molecule has 1 aromatic heterocycles. The summed E-state index contributed by atoms with van der Waals surface area (Å²) < 4.78 is 20.5. The van der Waals surface area contributed by atoms with Crippen LogP contribution < -0.4 is 5.32 Å². The Balaban J connectivity index is 1.79. The fourth-order valence-corrected chi connectivity index (χ4v) is 3.18. The van der Waals surface area contributed by atoms with Crippen LogP contribution in [0.15, 0.2) is 24.3 Å². The summed E-state index contributed by atoms with van der Waals surface area (Å²) in [6.07, 6.45) is 1.19. The van der Waals surface area contributed by atoms with Crippen LogP contribution in [0.25, 0.3) is 5.69 Å². The number of aliphatic hydroxyl groups excluding tert-OH is 1. The minimum atomic E-state index is -0.774. The SMILES string of the molecule is CO[C@@H]1CCC[C@@H](NC(=O)c2nnn(-c3ccccc3F)c2C)[C@H]1O. The number of carbonyl (C=O) groups is 1. The fraction of sp³-hybridized carbons (Fsp3) is 0.471. The van der Waals surface area contributed by atoms with E-state index in [1.54, 1.807) is 32.2 Å². The minimum Gasteiger partial charge on any atom is -0.388 e. The molecule has 0 bridgehead atoms. The zero-order valence-electron chi connectivity index (χ0n) is 14.1. The number of hydrogen-bond acceptors (Lipinski definition) is 5. The summed E-state index contributed by atoms with van der Waals surface area (Å²) >= 11 is 0. The monoisotopic (exact) mass is 348 g/mol. The van der Waals surface area contributed by atoms with Gasteiger partial charge in [-0.25, -0.2) is 9.07 Å². The number of nitrogens with one attached hydrogen (secondary N) is 1. The van der Waals surface area contributed by atoms with Crippen LogP contribution >= 0.6 is 0 Å². The number of para-hydroxylation sites is 1. The third-order valence-corrected chi connectivity index (χ3v) is 4.61. The van der Waals surface area contributed by atoms with Crippen molar-refractivity contribution in [3.8, 4) is 5.69 Å². The van der Waals surface area contributed by atoms with Crippen LogP contribution in [0.2, 0.25) is 0 Å². The summed E-state index contributed by atoms with van der Waals surface area (Å²) in [4.78, 5) is 12.5. The van der Waals surface area contributed by atoms with Gasteiger partial charge in [-0.05, 0) is 38.3 Å². The number of hydrogen-bond donors (Lipinski definition) is 2. The number of benzene rings is 1. The van der Waals surface area contributed by atoms with Gasteiger partial charge in [-0.15, -0.1) is 5.10 Å². The van der Waals surface area contributed by atoms with E-state index < -0.39 is 23.9 Å². The fourth-order valence-electron chi connectivity index (χ4n) is 3.18. The summed E-state index contributed by atoms with van der Waals surface area (Å²) in [5.41, 5.74) is 0.759. The van der Waals surface area contributed by atoms with Gasteiger partial charge in [-0.2, -0.15) is 0 Å². The van der Waals surface area contributed by atoms with Crippen LogP contribution in [0, 0.1) is 12.7 Å². The number of rotatable bonds is 4. The highest BCUT2D eigenvalue weighted by Crippen LogP contribution is 2.22. The Morgan fingerprint density at radius 3 is 2.88 bits per heavy atom. The van der Waals surface area contributed by atoms with Gasteiger partial charge in [0.2, 0.25) is 0 Å². The third kappa shape index (κ3) is 3.40. The Hall–Kier alpha value is -2.32. The van der Waals surface area contributed by atoms with Gasteiger partial charge in [-0.3, -0.25) is 4.79 Å². The van der Waals surface area contributed by atoms with E-state index in [0.29, 0.717) is 12.1 Å². The minimum absolute atomic E-state index is 0.106. The standard InChI is InChI=1S/C17H21FN4O3/c1-10-15(20-21-22(10)13-8-4-3-6-11(13)18)17(24)19-12-7-5-9-14(25-2)16(12)23/h3-4,6,8,12,14,16,23H,5,7,9H2,1-2H3,(H,19,24)/t12-,14-,16-/m1/s1. The summed E-state index contributed by atoms with van der Waals surface area (Å²) in [5.74, 6) is -0.894. The summed E-state index contributed by atoms with van der Waals surface area (Å²) in [6, 6.07) is 5.73. The highest BCUT2D eigenvalue weighted by atomic mass is 19.1. The Kier molecular flexibility index (Phi) is 5.10. The van der Waals surface area contributed by atoms with E-state index in [1.165, 1.54) is 10.7 Å². The highest BCUT2D eigenvalue weighted by Gasteiger charge is 2.33. The highest BCUT2D eigenvalue weighted by molar-refractivity contribution is 5.93. The first-order chi connectivity index (χ1) is 12.0. The van der Waals surface area contributed by atoms with Gasteiger partial charge in [0.1, 0.15) is 17.6 Å². The van der Waals surface area contributed by atoms with Crippen molar-refractivity contribution in [1.29, 1.82) is 0 Å². The molecule has 0 spiro atoms. The number of ether oxygens (including phenoxy) is 1. The maximum atomic E-state index is 13.9. The average Bonchev–Trinajstić information content (AvgIpc) is 2.98. The summed E-state index contributed by atoms with van der Waals surface area (Å²) in [7, 11) is 1.54. The number of halogens is 1. The first-order valence-corrected chi connectivity index (χ1v) is 8.22. The molecule has 0 radical (unpaired) electrons. The van der Waals surface area contributed by atoms with Crippen molar-refractivity contribution >= 4 is 5.91 Å². The van der Waals surface area contributed by atoms with Gasteiger partial charge >= 0.3 is 0 Å². The molecule has 1 aliphatic rings. The first kappa shape index (κ1) is 17.5. The summed E-state index contributed by atoms with van der Waals surface area (Å²) in [5, 5.41) is 20.8. The van der Waals surface area contributed by atoms with E-state index in [2.05, 4.69) is 15.6 Å². The molecule has 134 valence electrons. The van der Waals surface area contributed by atoms with Gasteiger partial charge in [-0.1, -0.05) is 17.3 Å². The molecule has 0 aliphatic heterocycles. The van der Waals surface area contributed by atoms with Crippen LogP contribution in [0.3, 0.4) is 0 Å². The van der Waals surface area contributed by atoms with Crippen LogP contribution in [0.1, 0.15) is 35.4 Å². The molecule has 0 saturated heterocycles. The van der Waals surface area contributed by atoms with Gasteiger partial charge in [0.05, 0.1) is 17.8 Å². The molecule has 1 heterocycles. The number of amides is 1. The van der Waals surface area contributed by atoms with Crippen molar-refractivity contribution in [3.63, 3.8) is 0 Å². The molecule has 0 unspecified atom stereocenters. The second kappa shape index (κ2) is 7.28. The van der Waals surface area contributed by atoms with Crippen LogP contribution in [-0.2, 0) is 4.74 Å². The van der Waals surface area contributed by atoms with Crippen molar-refractivity contribution < 1.29 is 19.0 Å². The molecule has 1 amide bonds. The van der Waals surface area contributed by atoms with Gasteiger partial charge in [0.25, 0.3) is 5.91 Å². The van der Waals surface area contributed by atoms with Crippen LogP contribution in [-0.4, -0.2) is 51.4 Å². The lowest BCUT2D eigenvalue weighted by Crippen LogP contribution is -2.51. The lowest BCUT2D eigenvalue weighted by molar-refractivity contribution is -0.0513. The van der Waals surface area contributed by atoms with Crippen molar-refractivity contribution in [2.75, 3.05) is 7.11 Å². The molecule has 25 heavy (non-hydrogen) atoms. The second-order valence-corrected chi connectivity index (χ2v) is 6.16. The Bertz CT molecular complexity index is 764. The zero-order valence-corrected chi connectivity index (χ0v) is 14.1. The molecule has 8 heteroatoms. The Labute approximate surface area is 144 Å². The van der Waals surface area contributed by atoms with E-state index in [9.17, 15) is 14.3 Å². The molecular weight excluding hydrogens is 327 g/mol. The molecule has 2 aromatic rings. The first-order valence-electron chi connectivity index (χ1n) is 8.22. The number of aromatic nitrogens is 3. The van der Waals surface area contributed by atoms with Crippen LogP contribution in [0.5, 0.6) is 0 Å². The van der Waals surface area contributed by atoms with Crippen molar-refractivity contribution in [2.24, 2.45) is 0 Å². The number of aliphatic hydroxyl groups is 1. The molecule has 1 aromatic carbocycles. The van der Waals surface area contributed by atoms with E-state index >= 15 is 0 Å². The summed E-state index contributed by atoms with van der Waals surface area (Å²) in [6.45, 7) is 1.65. The largest absolute Gasteiger partial charge is 0.388 e. The molecule has 3 atom stereocenters. The lowest BCUT2D eigenvalue weighted by Gasteiger charge is -2.34.